The number of hydrogen-bond donors (Lipinski definition) is 0. The van der Waals surface area contributed by atoms with Crippen LogP contribution in [0.1, 0.15) is 24.6 Å². The summed E-state index contributed by atoms with van der Waals surface area (Å²) in [5.74, 6) is -0.269. The Bertz CT molecular complexity index is 527. The molecule has 17 heavy (non-hydrogen) atoms. The van der Waals surface area contributed by atoms with Crippen LogP contribution in [-0.4, -0.2) is 27.9 Å². The lowest BCUT2D eigenvalue weighted by molar-refractivity contribution is 0.313. The molecular formula is C12H13BrFN3. The van der Waals surface area contributed by atoms with E-state index in [1.165, 1.54) is 12.5 Å². The van der Waals surface area contributed by atoms with Gasteiger partial charge in [-0.1, -0.05) is 0 Å². The monoisotopic (exact) mass is 297 g/mol. The molecule has 90 valence electrons. The summed E-state index contributed by atoms with van der Waals surface area (Å²) in [6.45, 7) is 1.11. The molecule has 0 N–H and O–H groups in total. The lowest BCUT2D eigenvalue weighted by atomic mass is 10.2. The van der Waals surface area contributed by atoms with E-state index in [1.807, 2.05) is 10.6 Å². The van der Waals surface area contributed by atoms with Crippen molar-refractivity contribution in [2.75, 3.05) is 13.6 Å². The van der Waals surface area contributed by atoms with Gasteiger partial charge in [-0.15, -0.1) is 0 Å². The van der Waals surface area contributed by atoms with E-state index in [0.29, 0.717) is 16.2 Å². The first-order chi connectivity index (χ1) is 8.15. The molecule has 1 saturated heterocycles. The number of likely N-dealkylation sites (tertiary alicyclic amines) is 1. The molecule has 0 radical (unpaired) electrons. The first-order valence-electron chi connectivity index (χ1n) is 5.69. The van der Waals surface area contributed by atoms with Crippen molar-refractivity contribution in [1.29, 1.82) is 0 Å². The standard InChI is InChI=1S/C12H13BrFN3/c1-16-4-2-3-11(16)10-7-17-6-8(13)9(14)5-12(17)15-10/h5-7,11H,2-4H2,1H3. The van der Waals surface area contributed by atoms with E-state index in [9.17, 15) is 4.39 Å². The van der Waals surface area contributed by atoms with E-state index >= 15 is 0 Å². The summed E-state index contributed by atoms with van der Waals surface area (Å²) in [6, 6.07) is 1.83. The third kappa shape index (κ3) is 1.87. The van der Waals surface area contributed by atoms with E-state index in [0.717, 1.165) is 18.7 Å². The van der Waals surface area contributed by atoms with Crippen LogP contribution >= 0.6 is 15.9 Å². The number of rotatable bonds is 1. The van der Waals surface area contributed by atoms with Crippen molar-refractivity contribution in [2.24, 2.45) is 0 Å². The lowest BCUT2D eigenvalue weighted by Gasteiger charge is -2.16. The van der Waals surface area contributed by atoms with E-state index in [-0.39, 0.29) is 5.82 Å². The van der Waals surface area contributed by atoms with Crippen molar-refractivity contribution < 1.29 is 4.39 Å². The predicted octanol–water partition coefficient (Wildman–Crippen LogP) is 3.00. The predicted molar refractivity (Wildman–Crippen MR) is 67.5 cm³/mol. The second-order valence-electron chi connectivity index (χ2n) is 4.54. The molecule has 0 aliphatic carbocycles. The van der Waals surface area contributed by atoms with E-state index in [1.54, 1.807) is 6.20 Å². The Morgan fingerprint density at radius 2 is 2.29 bits per heavy atom. The summed E-state index contributed by atoms with van der Waals surface area (Å²) in [7, 11) is 2.11. The van der Waals surface area contributed by atoms with Gasteiger partial charge >= 0.3 is 0 Å². The minimum Gasteiger partial charge on any atom is -0.305 e. The molecule has 2 aromatic heterocycles. The molecule has 1 aliphatic heterocycles. The average molecular weight is 298 g/mol. The van der Waals surface area contributed by atoms with Crippen LogP contribution in [0.25, 0.3) is 5.65 Å². The zero-order valence-electron chi connectivity index (χ0n) is 9.53. The molecule has 0 bridgehead atoms. The van der Waals surface area contributed by atoms with E-state index in [4.69, 9.17) is 0 Å². The van der Waals surface area contributed by atoms with Crippen molar-refractivity contribution >= 4 is 21.6 Å². The van der Waals surface area contributed by atoms with Crippen LogP contribution in [0.4, 0.5) is 4.39 Å². The first-order valence-corrected chi connectivity index (χ1v) is 6.48. The third-order valence-corrected chi connectivity index (χ3v) is 3.96. The van der Waals surface area contributed by atoms with Crippen LogP contribution < -0.4 is 0 Å². The van der Waals surface area contributed by atoms with Gasteiger partial charge in [0.2, 0.25) is 0 Å². The van der Waals surface area contributed by atoms with Crippen molar-refractivity contribution in [3.05, 3.63) is 34.4 Å². The quantitative estimate of drug-likeness (QED) is 0.807. The Labute approximate surface area is 107 Å². The smallest absolute Gasteiger partial charge is 0.142 e. The van der Waals surface area contributed by atoms with Gasteiger partial charge in [-0.3, -0.25) is 4.90 Å². The summed E-state index contributed by atoms with van der Waals surface area (Å²) in [5, 5.41) is 0. The third-order valence-electron chi connectivity index (χ3n) is 3.38. The summed E-state index contributed by atoms with van der Waals surface area (Å²) < 4.78 is 15.7. The summed E-state index contributed by atoms with van der Waals surface area (Å²) in [6.07, 6.45) is 6.04. The van der Waals surface area contributed by atoms with Gasteiger partial charge in [0.05, 0.1) is 16.2 Å². The van der Waals surface area contributed by atoms with Crippen LogP contribution in [0.5, 0.6) is 0 Å². The van der Waals surface area contributed by atoms with Gasteiger partial charge in [0.25, 0.3) is 0 Å². The number of nitrogens with zero attached hydrogens (tertiary/aromatic N) is 3. The maximum atomic E-state index is 13.4. The highest BCUT2D eigenvalue weighted by Crippen LogP contribution is 2.30. The van der Waals surface area contributed by atoms with Crippen molar-refractivity contribution in [3.8, 4) is 0 Å². The number of pyridine rings is 1. The second-order valence-corrected chi connectivity index (χ2v) is 5.39. The highest BCUT2D eigenvalue weighted by atomic mass is 79.9. The molecule has 0 saturated carbocycles. The molecule has 2 aromatic rings. The molecule has 3 nitrogen and oxygen atoms in total. The van der Waals surface area contributed by atoms with Gasteiger partial charge in [-0.05, 0) is 42.4 Å². The fourth-order valence-corrected chi connectivity index (χ4v) is 2.78. The van der Waals surface area contributed by atoms with Crippen molar-refractivity contribution in [2.45, 2.75) is 18.9 Å². The number of hydrogen-bond acceptors (Lipinski definition) is 2. The summed E-state index contributed by atoms with van der Waals surface area (Å²) in [5.41, 5.74) is 1.70. The highest BCUT2D eigenvalue weighted by molar-refractivity contribution is 9.10. The van der Waals surface area contributed by atoms with Crippen LogP contribution in [-0.2, 0) is 0 Å². The number of fused-ring (bicyclic) bond motifs is 1. The maximum Gasteiger partial charge on any atom is 0.142 e. The SMILES string of the molecule is CN1CCCC1c1cn2cc(Br)c(F)cc2n1. The molecule has 1 fully saturated rings. The normalized spacial score (nSPS) is 21.5. The number of imidazole rings is 1. The molecule has 5 heteroatoms. The van der Waals surface area contributed by atoms with Gasteiger partial charge in [0.15, 0.2) is 0 Å². The maximum absolute atomic E-state index is 13.4. The van der Waals surface area contributed by atoms with Gasteiger partial charge in [0, 0.05) is 18.5 Å². The van der Waals surface area contributed by atoms with Crippen molar-refractivity contribution in [1.82, 2.24) is 14.3 Å². The first kappa shape index (κ1) is 11.2. The molecule has 3 rings (SSSR count). The minimum atomic E-state index is -0.269. The zero-order valence-corrected chi connectivity index (χ0v) is 11.1. The zero-order chi connectivity index (χ0) is 12.0. The summed E-state index contributed by atoms with van der Waals surface area (Å²) in [4.78, 5) is 6.81. The molecule has 1 aliphatic rings. The van der Waals surface area contributed by atoms with E-state index < -0.39 is 0 Å². The largest absolute Gasteiger partial charge is 0.305 e. The average Bonchev–Trinajstić information content (AvgIpc) is 2.85. The van der Waals surface area contributed by atoms with Gasteiger partial charge in [-0.25, -0.2) is 9.37 Å². The van der Waals surface area contributed by atoms with Crippen molar-refractivity contribution in [3.63, 3.8) is 0 Å². The topological polar surface area (TPSA) is 20.5 Å². The highest BCUT2D eigenvalue weighted by Gasteiger charge is 2.24. The Morgan fingerprint density at radius 1 is 1.47 bits per heavy atom. The number of aromatic nitrogens is 2. The van der Waals surface area contributed by atoms with Gasteiger partial charge in [0.1, 0.15) is 11.5 Å². The van der Waals surface area contributed by atoms with Gasteiger partial charge < -0.3 is 4.40 Å². The fraction of sp³-hybridized carbons (Fsp3) is 0.417. The molecule has 0 amide bonds. The second kappa shape index (κ2) is 4.07. The van der Waals surface area contributed by atoms with Crippen LogP contribution in [0.15, 0.2) is 22.9 Å². The molecule has 1 unspecified atom stereocenters. The molecule has 0 spiro atoms. The Balaban J connectivity index is 2.07. The number of halogens is 2. The van der Waals surface area contributed by atoms with Crippen LogP contribution in [0.2, 0.25) is 0 Å². The molecular weight excluding hydrogens is 285 g/mol. The lowest BCUT2D eigenvalue weighted by Crippen LogP contribution is -2.17. The Morgan fingerprint density at radius 3 is 3.00 bits per heavy atom. The fourth-order valence-electron chi connectivity index (χ4n) is 2.45. The molecule has 0 aromatic carbocycles. The Hall–Kier alpha value is -0.940. The molecule has 1 atom stereocenters. The van der Waals surface area contributed by atoms with Gasteiger partial charge in [-0.2, -0.15) is 0 Å². The van der Waals surface area contributed by atoms with Crippen LogP contribution in [0.3, 0.4) is 0 Å². The Kier molecular flexibility index (Phi) is 2.67. The molecule has 3 heterocycles. The van der Waals surface area contributed by atoms with Crippen LogP contribution in [0, 0.1) is 5.82 Å². The summed E-state index contributed by atoms with van der Waals surface area (Å²) >= 11 is 3.19. The minimum absolute atomic E-state index is 0.269. The van der Waals surface area contributed by atoms with E-state index in [2.05, 4.69) is 32.9 Å².